The lowest BCUT2D eigenvalue weighted by molar-refractivity contribution is -0.148. The van der Waals surface area contributed by atoms with Crippen LogP contribution in [0.4, 0.5) is 0 Å². The molecule has 0 bridgehead atoms. The highest BCUT2D eigenvalue weighted by Crippen LogP contribution is 2.20. The lowest BCUT2D eigenvalue weighted by atomic mass is 9.96. The molecule has 4 heteroatoms. The average Bonchev–Trinajstić information content (AvgIpc) is 2.59. The van der Waals surface area contributed by atoms with Gasteiger partial charge < -0.3 is 4.74 Å². The molecule has 0 aliphatic carbocycles. The number of rotatable bonds is 6. The van der Waals surface area contributed by atoms with Crippen molar-refractivity contribution in [1.29, 1.82) is 0 Å². The van der Waals surface area contributed by atoms with Crippen LogP contribution in [0.2, 0.25) is 0 Å². The van der Waals surface area contributed by atoms with Crippen LogP contribution in [0.1, 0.15) is 41.3 Å². The highest BCUT2D eigenvalue weighted by molar-refractivity contribution is 6.09. The Bertz CT molecular complexity index is 719. The van der Waals surface area contributed by atoms with Gasteiger partial charge in [-0.1, -0.05) is 48.5 Å². The third-order valence-electron chi connectivity index (χ3n) is 3.46. The van der Waals surface area contributed by atoms with Crippen LogP contribution in [-0.4, -0.2) is 24.1 Å². The zero-order valence-corrected chi connectivity index (χ0v) is 13.1. The Morgan fingerprint density at radius 2 is 1.61 bits per heavy atom. The Morgan fingerprint density at radius 3 is 2.26 bits per heavy atom. The number of ether oxygens (including phenoxy) is 1. The molecule has 2 rings (SSSR count). The normalized spacial score (nSPS) is 11.6. The van der Waals surface area contributed by atoms with Gasteiger partial charge in [0.1, 0.15) is 6.61 Å². The van der Waals surface area contributed by atoms with Gasteiger partial charge in [-0.15, -0.1) is 0 Å². The van der Waals surface area contributed by atoms with Crippen LogP contribution in [0.25, 0.3) is 0 Å². The molecule has 118 valence electrons. The van der Waals surface area contributed by atoms with Crippen molar-refractivity contribution >= 4 is 17.5 Å². The molecule has 0 N–H and O–H groups in total. The standard InChI is InChI=1S/C19H18O4/c1-13(20)12-23-19(22)14(2)16-9-6-10-17(11-16)18(21)15-7-4-3-5-8-15/h3-11,14H,12H2,1-2H3. The topological polar surface area (TPSA) is 60.4 Å². The summed E-state index contributed by atoms with van der Waals surface area (Å²) >= 11 is 0. The maximum absolute atomic E-state index is 12.4. The molecule has 23 heavy (non-hydrogen) atoms. The van der Waals surface area contributed by atoms with Gasteiger partial charge in [0.15, 0.2) is 11.6 Å². The largest absolute Gasteiger partial charge is 0.457 e. The summed E-state index contributed by atoms with van der Waals surface area (Å²) in [6.07, 6.45) is 0. The van der Waals surface area contributed by atoms with Gasteiger partial charge in [0, 0.05) is 11.1 Å². The molecule has 4 nitrogen and oxygen atoms in total. The molecule has 0 spiro atoms. The predicted molar refractivity (Wildman–Crippen MR) is 86.4 cm³/mol. The first-order chi connectivity index (χ1) is 11.0. The fourth-order valence-corrected chi connectivity index (χ4v) is 2.14. The zero-order chi connectivity index (χ0) is 16.8. The zero-order valence-electron chi connectivity index (χ0n) is 13.1. The molecule has 0 fully saturated rings. The summed E-state index contributed by atoms with van der Waals surface area (Å²) in [5, 5.41) is 0. The van der Waals surface area contributed by atoms with Crippen molar-refractivity contribution in [2.24, 2.45) is 0 Å². The summed E-state index contributed by atoms with van der Waals surface area (Å²) in [5.41, 5.74) is 1.79. The molecule has 0 aliphatic heterocycles. The number of carbonyl (C=O) groups excluding carboxylic acids is 3. The van der Waals surface area contributed by atoms with E-state index in [1.165, 1.54) is 6.92 Å². The average molecular weight is 310 g/mol. The number of Topliss-reactive ketones (excluding diaryl/α,β-unsaturated/α-hetero) is 1. The van der Waals surface area contributed by atoms with E-state index in [2.05, 4.69) is 0 Å². The molecule has 0 saturated heterocycles. The molecular weight excluding hydrogens is 292 g/mol. The summed E-state index contributed by atoms with van der Waals surface area (Å²) in [6, 6.07) is 15.9. The van der Waals surface area contributed by atoms with Crippen molar-refractivity contribution in [3.63, 3.8) is 0 Å². The van der Waals surface area contributed by atoms with Crippen LogP contribution in [0.15, 0.2) is 54.6 Å². The van der Waals surface area contributed by atoms with Crippen molar-refractivity contribution in [3.8, 4) is 0 Å². The fourth-order valence-electron chi connectivity index (χ4n) is 2.14. The van der Waals surface area contributed by atoms with Gasteiger partial charge >= 0.3 is 5.97 Å². The minimum Gasteiger partial charge on any atom is -0.457 e. The highest BCUT2D eigenvalue weighted by Gasteiger charge is 2.19. The summed E-state index contributed by atoms with van der Waals surface area (Å²) in [5.74, 6) is -1.34. The van der Waals surface area contributed by atoms with Crippen LogP contribution in [-0.2, 0) is 14.3 Å². The monoisotopic (exact) mass is 310 g/mol. The Balaban J connectivity index is 2.18. The lowest BCUT2D eigenvalue weighted by Crippen LogP contribution is -2.17. The number of hydrogen-bond acceptors (Lipinski definition) is 4. The highest BCUT2D eigenvalue weighted by atomic mass is 16.5. The van der Waals surface area contributed by atoms with Gasteiger partial charge in [-0.25, -0.2) is 0 Å². The Kier molecular flexibility index (Phi) is 5.41. The summed E-state index contributed by atoms with van der Waals surface area (Å²) in [4.78, 5) is 35.3. The minimum absolute atomic E-state index is 0.100. The van der Waals surface area contributed by atoms with Crippen molar-refractivity contribution in [2.45, 2.75) is 19.8 Å². The number of ketones is 2. The van der Waals surface area contributed by atoms with E-state index < -0.39 is 11.9 Å². The van der Waals surface area contributed by atoms with E-state index in [1.807, 2.05) is 6.07 Å². The smallest absolute Gasteiger partial charge is 0.313 e. The molecule has 0 aliphatic rings. The van der Waals surface area contributed by atoms with Gasteiger partial charge in [0.2, 0.25) is 0 Å². The Hall–Kier alpha value is -2.75. The number of carbonyl (C=O) groups is 3. The molecule has 1 unspecified atom stereocenters. The second-order valence-corrected chi connectivity index (χ2v) is 5.35. The number of hydrogen-bond donors (Lipinski definition) is 0. The first kappa shape index (κ1) is 16.6. The van der Waals surface area contributed by atoms with Crippen molar-refractivity contribution in [3.05, 3.63) is 71.3 Å². The van der Waals surface area contributed by atoms with Gasteiger partial charge in [0.25, 0.3) is 0 Å². The van der Waals surface area contributed by atoms with Crippen LogP contribution in [0, 0.1) is 0 Å². The predicted octanol–water partition coefficient (Wildman–Crippen LogP) is 3.15. The van der Waals surface area contributed by atoms with Crippen LogP contribution < -0.4 is 0 Å². The van der Waals surface area contributed by atoms with Gasteiger partial charge in [-0.05, 0) is 25.5 Å². The van der Waals surface area contributed by atoms with E-state index in [1.54, 1.807) is 55.5 Å². The Labute approximate surface area is 135 Å². The molecule has 0 amide bonds. The molecule has 2 aromatic carbocycles. The van der Waals surface area contributed by atoms with Crippen LogP contribution >= 0.6 is 0 Å². The van der Waals surface area contributed by atoms with Crippen molar-refractivity contribution < 1.29 is 19.1 Å². The molecule has 0 aromatic heterocycles. The second-order valence-electron chi connectivity index (χ2n) is 5.35. The van der Waals surface area contributed by atoms with Crippen LogP contribution in [0.5, 0.6) is 0 Å². The van der Waals surface area contributed by atoms with E-state index >= 15 is 0 Å². The van der Waals surface area contributed by atoms with E-state index in [-0.39, 0.29) is 18.2 Å². The SMILES string of the molecule is CC(=O)COC(=O)C(C)c1cccc(C(=O)c2ccccc2)c1. The lowest BCUT2D eigenvalue weighted by Gasteiger charge is -2.12. The number of benzene rings is 2. The fraction of sp³-hybridized carbons (Fsp3) is 0.211. The first-order valence-corrected chi connectivity index (χ1v) is 7.35. The van der Waals surface area contributed by atoms with Crippen molar-refractivity contribution in [2.75, 3.05) is 6.61 Å². The van der Waals surface area contributed by atoms with Gasteiger partial charge in [0.05, 0.1) is 5.92 Å². The van der Waals surface area contributed by atoms with E-state index in [0.29, 0.717) is 16.7 Å². The molecule has 0 radical (unpaired) electrons. The Morgan fingerprint density at radius 1 is 0.957 bits per heavy atom. The summed E-state index contributed by atoms with van der Waals surface area (Å²) in [6.45, 7) is 2.82. The van der Waals surface area contributed by atoms with E-state index in [4.69, 9.17) is 4.74 Å². The molecule has 2 aromatic rings. The van der Waals surface area contributed by atoms with E-state index in [0.717, 1.165) is 0 Å². The molecular formula is C19H18O4. The molecule has 0 saturated carbocycles. The van der Waals surface area contributed by atoms with E-state index in [9.17, 15) is 14.4 Å². The molecule has 1 atom stereocenters. The van der Waals surface area contributed by atoms with Gasteiger partial charge in [-0.2, -0.15) is 0 Å². The summed E-state index contributed by atoms with van der Waals surface area (Å²) in [7, 11) is 0. The summed E-state index contributed by atoms with van der Waals surface area (Å²) < 4.78 is 4.93. The maximum Gasteiger partial charge on any atom is 0.313 e. The van der Waals surface area contributed by atoms with Gasteiger partial charge in [-0.3, -0.25) is 14.4 Å². The second kappa shape index (κ2) is 7.49. The molecule has 0 heterocycles. The minimum atomic E-state index is -0.544. The first-order valence-electron chi connectivity index (χ1n) is 7.35. The number of esters is 1. The quantitative estimate of drug-likeness (QED) is 0.607. The van der Waals surface area contributed by atoms with Crippen LogP contribution in [0.3, 0.4) is 0 Å². The third-order valence-corrected chi connectivity index (χ3v) is 3.46. The third kappa shape index (κ3) is 4.36. The van der Waals surface area contributed by atoms with Crippen molar-refractivity contribution in [1.82, 2.24) is 0 Å². The maximum atomic E-state index is 12.4.